The van der Waals surface area contributed by atoms with Gasteiger partial charge in [0.2, 0.25) is 0 Å². The SMILES string of the molecule is C=C(C)C1Cc2oc(cc2C=O)/C=C(\C)C[C@@H]2C=C(C(=O)O2)[C@@H](OC(C)=O)C1. The van der Waals surface area contributed by atoms with Gasteiger partial charge in [-0.3, -0.25) is 9.59 Å². The van der Waals surface area contributed by atoms with E-state index in [0.717, 1.165) is 17.4 Å². The molecule has 2 aliphatic heterocycles. The van der Waals surface area contributed by atoms with Gasteiger partial charge < -0.3 is 13.9 Å². The van der Waals surface area contributed by atoms with Gasteiger partial charge >= 0.3 is 11.9 Å². The van der Waals surface area contributed by atoms with E-state index < -0.39 is 24.1 Å². The van der Waals surface area contributed by atoms with Gasteiger partial charge in [0.25, 0.3) is 0 Å². The lowest BCUT2D eigenvalue weighted by atomic mass is 9.87. The van der Waals surface area contributed by atoms with Gasteiger partial charge in [-0.25, -0.2) is 4.79 Å². The van der Waals surface area contributed by atoms with E-state index in [0.29, 0.717) is 41.9 Å². The number of allylic oxidation sites excluding steroid dienone is 1. The molecular weight excluding hydrogens is 360 g/mol. The first kappa shape index (κ1) is 19.9. The van der Waals surface area contributed by atoms with Crippen molar-refractivity contribution in [1.29, 1.82) is 0 Å². The fourth-order valence-corrected chi connectivity index (χ4v) is 3.64. The van der Waals surface area contributed by atoms with Gasteiger partial charge in [-0.05, 0) is 44.4 Å². The number of carbonyl (C=O) groups excluding carboxylic acids is 3. The maximum atomic E-state index is 12.4. The maximum Gasteiger partial charge on any atom is 0.338 e. The van der Waals surface area contributed by atoms with Gasteiger partial charge in [0.1, 0.15) is 23.7 Å². The van der Waals surface area contributed by atoms with Crippen LogP contribution in [0.4, 0.5) is 0 Å². The lowest BCUT2D eigenvalue weighted by Gasteiger charge is -2.23. The van der Waals surface area contributed by atoms with E-state index in [9.17, 15) is 14.4 Å². The summed E-state index contributed by atoms with van der Waals surface area (Å²) in [6.07, 6.45) is 4.44. The minimum Gasteiger partial charge on any atom is -0.461 e. The molecule has 6 nitrogen and oxygen atoms in total. The molecule has 0 N–H and O–H groups in total. The molecule has 2 aliphatic rings. The van der Waals surface area contributed by atoms with Crippen molar-refractivity contribution < 1.29 is 28.3 Å². The number of ether oxygens (including phenoxy) is 2. The lowest BCUT2D eigenvalue weighted by molar-refractivity contribution is -0.147. The van der Waals surface area contributed by atoms with Crippen molar-refractivity contribution in [2.24, 2.45) is 5.92 Å². The number of rotatable bonds is 3. The molecule has 28 heavy (non-hydrogen) atoms. The number of aldehydes is 1. The Labute approximate surface area is 163 Å². The molecule has 6 heteroatoms. The molecule has 0 amide bonds. The highest BCUT2D eigenvalue weighted by Crippen LogP contribution is 2.32. The van der Waals surface area contributed by atoms with E-state index in [1.54, 1.807) is 12.1 Å². The smallest absolute Gasteiger partial charge is 0.338 e. The number of hydrogen-bond donors (Lipinski definition) is 0. The molecule has 0 aliphatic carbocycles. The molecule has 3 rings (SSSR count). The summed E-state index contributed by atoms with van der Waals surface area (Å²) in [6.45, 7) is 9.12. The van der Waals surface area contributed by atoms with Crippen LogP contribution < -0.4 is 0 Å². The Morgan fingerprint density at radius 1 is 1.32 bits per heavy atom. The van der Waals surface area contributed by atoms with E-state index in [1.807, 2.05) is 19.9 Å². The lowest BCUT2D eigenvalue weighted by Crippen LogP contribution is -2.26. The topological polar surface area (TPSA) is 82.8 Å². The molecule has 4 bridgehead atoms. The van der Waals surface area contributed by atoms with Gasteiger partial charge in [-0.2, -0.15) is 0 Å². The molecule has 148 valence electrons. The predicted molar refractivity (Wildman–Crippen MR) is 103 cm³/mol. The van der Waals surface area contributed by atoms with Crippen LogP contribution in [-0.2, 0) is 25.5 Å². The minimum atomic E-state index is -0.740. The highest BCUT2D eigenvalue weighted by atomic mass is 16.6. The monoisotopic (exact) mass is 384 g/mol. The quantitative estimate of drug-likeness (QED) is 0.448. The fourth-order valence-electron chi connectivity index (χ4n) is 3.64. The Morgan fingerprint density at radius 2 is 2.07 bits per heavy atom. The molecule has 1 aromatic rings. The van der Waals surface area contributed by atoms with Crippen molar-refractivity contribution >= 4 is 24.3 Å². The number of carbonyl (C=O) groups is 3. The van der Waals surface area contributed by atoms with Crippen LogP contribution >= 0.6 is 0 Å². The van der Waals surface area contributed by atoms with Gasteiger partial charge in [0.15, 0.2) is 6.29 Å². The first-order valence-electron chi connectivity index (χ1n) is 9.27. The number of fused-ring (bicyclic) bond motifs is 3. The first-order valence-corrected chi connectivity index (χ1v) is 9.27. The second-order valence-corrected chi connectivity index (χ2v) is 7.49. The average Bonchev–Trinajstić information content (AvgIpc) is 3.15. The molecule has 1 unspecified atom stereocenters. The van der Waals surface area contributed by atoms with E-state index in [-0.39, 0.29) is 5.92 Å². The van der Waals surface area contributed by atoms with Gasteiger partial charge in [0, 0.05) is 19.8 Å². The second-order valence-electron chi connectivity index (χ2n) is 7.49. The average molecular weight is 384 g/mol. The third-order valence-corrected chi connectivity index (χ3v) is 5.04. The van der Waals surface area contributed by atoms with Crippen molar-refractivity contribution in [3.05, 3.63) is 52.5 Å². The zero-order valence-electron chi connectivity index (χ0n) is 16.3. The number of furan rings is 1. The molecule has 1 aromatic heterocycles. The van der Waals surface area contributed by atoms with Crippen molar-refractivity contribution in [3.8, 4) is 0 Å². The molecule has 0 fully saturated rings. The Hall–Kier alpha value is -2.89. The molecule has 3 atom stereocenters. The maximum absolute atomic E-state index is 12.4. The Kier molecular flexibility index (Phi) is 5.68. The molecule has 0 spiro atoms. The largest absolute Gasteiger partial charge is 0.461 e. The van der Waals surface area contributed by atoms with E-state index >= 15 is 0 Å². The van der Waals surface area contributed by atoms with Crippen LogP contribution in [0.3, 0.4) is 0 Å². The Balaban J connectivity index is 2.07. The third kappa shape index (κ3) is 4.32. The van der Waals surface area contributed by atoms with Crippen molar-refractivity contribution in [3.63, 3.8) is 0 Å². The second kappa shape index (κ2) is 8.00. The van der Waals surface area contributed by atoms with Crippen LogP contribution in [-0.4, -0.2) is 30.4 Å². The van der Waals surface area contributed by atoms with Crippen molar-refractivity contribution in [2.45, 2.75) is 52.2 Å². The van der Waals surface area contributed by atoms with Gasteiger partial charge in [-0.15, -0.1) is 0 Å². The standard InChI is InChI=1S/C22H24O6/c1-12(2)15-8-20-16(11-23)7-17(27-20)5-13(3)6-18-10-19(22(25)28-18)21(9-15)26-14(4)24/h5,7,10-11,15,18,21H,1,6,8-9H2,2-4H3/b13-5+/t15?,18-,21+/m1/s1. The van der Waals surface area contributed by atoms with E-state index in [1.165, 1.54) is 6.92 Å². The fraction of sp³-hybridized carbons (Fsp3) is 0.409. The van der Waals surface area contributed by atoms with Crippen LogP contribution in [0, 0.1) is 5.92 Å². The summed E-state index contributed by atoms with van der Waals surface area (Å²) in [6, 6.07) is 1.71. The summed E-state index contributed by atoms with van der Waals surface area (Å²) in [5.74, 6) is 0.0503. The molecule has 0 radical (unpaired) electrons. The van der Waals surface area contributed by atoms with Crippen molar-refractivity contribution in [2.75, 3.05) is 0 Å². The zero-order chi connectivity index (χ0) is 20.4. The molecule has 0 saturated carbocycles. The van der Waals surface area contributed by atoms with Gasteiger partial charge in [0.05, 0.1) is 11.1 Å². The highest BCUT2D eigenvalue weighted by Gasteiger charge is 2.35. The first-order chi connectivity index (χ1) is 13.3. The number of esters is 2. The molecule has 0 saturated heterocycles. The van der Waals surface area contributed by atoms with Gasteiger partial charge in [-0.1, -0.05) is 17.7 Å². The van der Waals surface area contributed by atoms with Crippen molar-refractivity contribution in [1.82, 2.24) is 0 Å². The highest BCUT2D eigenvalue weighted by molar-refractivity contribution is 5.92. The predicted octanol–water partition coefficient (Wildman–Crippen LogP) is 3.81. The van der Waals surface area contributed by atoms with Crippen LogP contribution in [0.1, 0.15) is 55.5 Å². The molecule has 0 aromatic carbocycles. The van der Waals surface area contributed by atoms with Crippen LogP contribution in [0.5, 0.6) is 0 Å². The summed E-state index contributed by atoms with van der Waals surface area (Å²) in [5.41, 5.74) is 2.62. The van der Waals surface area contributed by atoms with E-state index in [4.69, 9.17) is 13.9 Å². The third-order valence-electron chi connectivity index (χ3n) is 5.04. The Morgan fingerprint density at radius 3 is 2.71 bits per heavy atom. The van der Waals surface area contributed by atoms with Crippen LogP contribution in [0.15, 0.2) is 39.9 Å². The number of hydrogen-bond acceptors (Lipinski definition) is 6. The molecule has 3 heterocycles. The van der Waals surface area contributed by atoms with Crippen LogP contribution in [0.25, 0.3) is 6.08 Å². The normalized spacial score (nSPS) is 26.5. The summed E-state index contributed by atoms with van der Waals surface area (Å²) in [4.78, 5) is 35.6. The van der Waals surface area contributed by atoms with E-state index in [2.05, 4.69) is 6.58 Å². The Bertz CT molecular complexity index is 885. The molecular formula is C22H24O6. The van der Waals surface area contributed by atoms with Crippen LogP contribution in [0.2, 0.25) is 0 Å². The zero-order valence-corrected chi connectivity index (χ0v) is 16.3. The summed E-state index contributed by atoms with van der Waals surface area (Å²) in [5, 5.41) is 0. The summed E-state index contributed by atoms with van der Waals surface area (Å²) < 4.78 is 16.8. The summed E-state index contributed by atoms with van der Waals surface area (Å²) >= 11 is 0. The minimum absolute atomic E-state index is 0.152. The summed E-state index contributed by atoms with van der Waals surface area (Å²) in [7, 11) is 0.